The van der Waals surface area contributed by atoms with Crippen molar-refractivity contribution in [2.24, 2.45) is 0 Å². The van der Waals surface area contributed by atoms with Gasteiger partial charge in [-0.25, -0.2) is 4.79 Å². The predicted octanol–water partition coefficient (Wildman–Crippen LogP) is 3.09. The van der Waals surface area contributed by atoms with Crippen LogP contribution in [-0.2, 0) is 0 Å². The van der Waals surface area contributed by atoms with Crippen LogP contribution in [-0.4, -0.2) is 27.0 Å². The van der Waals surface area contributed by atoms with Crippen LogP contribution in [0.5, 0.6) is 0 Å². The first-order chi connectivity index (χ1) is 8.56. The summed E-state index contributed by atoms with van der Waals surface area (Å²) in [5.41, 5.74) is 0.949. The summed E-state index contributed by atoms with van der Waals surface area (Å²) in [6.45, 7) is 0. The maximum atomic E-state index is 12.2. The third kappa shape index (κ3) is 2.86. The second-order valence-electron chi connectivity index (χ2n) is 3.38. The Morgan fingerprint density at radius 1 is 1.39 bits per heavy atom. The van der Waals surface area contributed by atoms with Gasteiger partial charge in [-0.2, -0.15) is 13.9 Å². The van der Waals surface area contributed by atoms with Crippen molar-refractivity contribution in [2.75, 3.05) is 0 Å². The van der Waals surface area contributed by atoms with Crippen LogP contribution < -0.4 is 0 Å². The van der Waals surface area contributed by atoms with Crippen molar-refractivity contribution >= 4 is 17.7 Å². The van der Waals surface area contributed by atoms with Gasteiger partial charge in [0.05, 0.1) is 5.69 Å². The first-order valence-corrected chi connectivity index (χ1v) is 5.78. The lowest BCUT2D eigenvalue weighted by atomic mass is 10.1. The first kappa shape index (κ1) is 12.6. The third-order valence-corrected chi connectivity index (χ3v) is 2.87. The fourth-order valence-electron chi connectivity index (χ4n) is 1.41. The van der Waals surface area contributed by atoms with Crippen molar-refractivity contribution in [3.05, 3.63) is 36.0 Å². The monoisotopic (exact) mass is 270 g/mol. The number of hydrogen-bond acceptors (Lipinski definition) is 3. The zero-order valence-corrected chi connectivity index (χ0v) is 9.75. The number of nitrogens with zero attached hydrogens (tertiary/aromatic N) is 1. The Hall–Kier alpha value is -1.89. The molecule has 1 aromatic heterocycles. The zero-order valence-electron chi connectivity index (χ0n) is 8.93. The molecule has 2 aromatic rings. The minimum absolute atomic E-state index is 0.0445. The Kier molecular flexibility index (Phi) is 3.61. The molecular weight excluding hydrogens is 262 g/mol. The van der Waals surface area contributed by atoms with Gasteiger partial charge in [0.1, 0.15) is 5.69 Å². The molecule has 0 aliphatic carbocycles. The number of halogens is 2. The van der Waals surface area contributed by atoms with Gasteiger partial charge in [-0.1, -0.05) is 23.9 Å². The van der Waals surface area contributed by atoms with Crippen LogP contribution in [0.15, 0.2) is 35.2 Å². The average Bonchev–Trinajstić information content (AvgIpc) is 2.77. The quantitative estimate of drug-likeness (QED) is 0.838. The van der Waals surface area contributed by atoms with Crippen LogP contribution >= 0.6 is 11.8 Å². The first-order valence-electron chi connectivity index (χ1n) is 4.90. The topological polar surface area (TPSA) is 66.0 Å². The lowest BCUT2D eigenvalue weighted by molar-refractivity contribution is 0.0690. The molecule has 0 aliphatic heterocycles. The minimum atomic E-state index is -2.49. The molecule has 0 aliphatic rings. The van der Waals surface area contributed by atoms with E-state index in [0.717, 1.165) is 0 Å². The molecule has 2 N–H and O–H groups in total. The number of thioether (sulfide) groups is 1. The molecule has 18 heavy (non-hydrogen) atoms. The highest BCUT2D eigenvalue weighted by Crippen LogP contribution is 2.28. The Bertz CT molecular complexity index is 572. The van der Waals surface area contributed by atoms with E-state index in [1.807, 2.05) is 0 Å². The second-order valence-corrected chi connectivity index (χ2v) is 4.44. The Morgan fingerprint density at radius 3 is 2.78 bits per heavy atom. The van der Waals surface area contributed by atoms with E-state index in [9.17, 15) is 13.6 Å². The number of aromatic carboxylic acids is 1. The summed E-state index contributed by atoms with van der Waals surface area (Å²) in [5.74, 6) is -3.61. The summed E-state index contributed by atoms with van der Waals surface area (Å²) >= 11 is 0.433. The van der Waals surface area contributed by atoms with E-state index in [4.69, 9.17) is 5.11 Å². The van der Waals surface area contributed by atoms with Gasteiger partial charge in [0.25, 0.3) is 5.76 Å². The van der Waals surface area contributed by atoms with Crippen LogP contribution in [0.2, 0.25) is 0 Å². The van der Waals surface area contributed by atoms with E-state index in [0.29, 0.717) is 27.9 Å². The molecule has 94 valence electrons. The molecule has 0 saturated carbocycles. The Balaban J connectivity index is 2.29. The number of aromatic nitrogens is 2. The normalized spacial score (nSPS) is 10.8. The number of carboxylic acids is 1. The van der Waals surface area contributed by atoms with Crippen molar-refractivity contribution in [3.8, 4) is 11.3 Å². The molecule has 7 heteroatoms. The number of rotatable bonds is 4. The van der Waals surface area contributed by atoms with Crippen LogP contribution in [0.25, 0.3) is 11.3 Å². The highest BCUT2D eigenvalue weighted by Gasteiger charge is 2.11. The standard InChI is InChI=1S/C11H8F2N2O2S/c12-11(13)18-7-3-1-2-6(4-7)8-5-9(10(16)17)15-14-8/h1-5,11H,(H,14,15)(H,16,17). The molecule has 1 heterocycles. The molecule has 1 aromatic carbocycles. The van der Waals surface area contributed by atoms with E-state index in [2.05, 4.69) is 10.2 Å². The van der Waals surface area contributed by atoms with Gasteiger partial charge in [-0.3, -0.25) is 5.10 Å². The summed E-state index contributed by atoms with van der Waals surface area (Å²) < 4.78 is 24.5. The number of carboxylic acid groups (broad SMARTS) is 1. The van der Waals surface area contributed by atoms with Crippen LogP contribution in [0.3, 0.4) is 0 Å². The fourth-order valence-corrected chi connectivity index (χ4v) is 1.97. The lowest BCUT2D eigenvalue weighted by Gasteiger charge is -2.01. The van der Waals surface area contributed by atoms with Gasteiger partial charge < -0.3 is 5.11 Å². The maximum Gasteiger partial charge on any atom is 0.353 e. The maximum absolute atomic E-state index is 12.2. The van der Waals surface area contributed by atoms with Crippen molar-refractivity contribution in [3.63, 3.8) is 0 Å². The average molecular weight is 270 g/mol. The van der Waals surface area contributed by atoms with Gasteiger partial charge >= 0.3 is 5.97 Å². The summed E-state index contributed by atoms with van der Waals surface area (Å²) in [6, 6.07) is 7.75. The fraction of sp³-hybridized carbons (Fsp3) is 0.0909. The summed E-state index contributed by atoms with van der Waals surface area (Å²) in [7, 11) is 0. The highest BCUT2D eigenvalue weighted by atomic mass is 32.2. The summed E-state index contributed by atoms with van der Waals surface area (Å²) in [4.78, 5) is 11.1. The van der Waals surface area contributed by atoms with Gasteiger partial charge in [0.15, 0.2) is 0 Å². The zero-order chi connectivity index (χ0) is 13.1. The minimum Gasteiger partial charge on any atom is -0.477 e. The van der Waals surface area contributed by atoms with Gasteiger partial charge in [-0.15, -0.1) is 0 Å². The van der Waals surface area contributed by atoms with Crippen LogP contribution in [0.4, 0.5) is 8.78 Å². The van der Waals surface area contributed by atoms with E-state index < -0.39 is 11.7 Å². The SMILES string of the molecule is O=C(O)c1cc(-c2cccc(SC(F)F)c2)n[nH]1. The molecule has 4 nitrogen and oxygen atoms in total. The van der Waals surface area contributed by atoms with Gasteiger partial charge in [-0.05, 0) is 18.2 Å². The van der Waals surface area contributed by atoms with Crippen molar-refractivity contribution in [1.29, 1.82) is 0 Å². The van der Waals surface area contributed by atoms with Crippen LogP contribution in [0.1, 0.15) is 10.5 Å². The Morgan fingerprint density at radius 2 is 2.17 bits per heavy atom. The molecule has 0 fully saturated rings. The van der Waals surface area contributed by atoms with E-state index in [-0.39, 0.29) is 5.69 Å². The van der Waals surface area contributed by atoms with E-state index >= 15 is 0 Å². The van der Waals surface area contributed by atoms with Crippen molar-refractivity contribution in [1.82, 2.24) is 10.2 Å². The smallest absolute Gasteiger partial charge is 0.353 e. The van der Waals surface area contributed by atoms with Gasteiger partial charge in [0, 0.05) is 10.5 Å². The third-order valence-electron chi connectivity index (χ3n) is 2.16. The predicted molar refractivity (Wildman–Crippen MR) is 62.8 cm³/mol. The number of alkyl halides is 2. The number of hydrogen-bond donors (Lipinski definition) is 2. The largest absolute Gasteiger partial charge is 0.477 e. The molecule has 0 bridgehead atoms. The molecule has 0 atom stereocenters. The molecule has 0 saturated heterocycles. The van der Waals surface area contributed by atoms with Crippen molar-refractivity contribution in [2.45, 2.75) is 10.7 Å². The number of H-pyrrole nitrogens is 1. The summed E-state index contributed by atoms with van der Waals surface area (Å²) in [5, 5.41) is 14.9. The number of nitrogens with one attached hydrogen (secondary N) is 1. The van der Waals surface area contributed by atoms with E-state index in [1.165, 1.54) is 6.07 Å². The molecule has 0 amide bonds. The van der Waals surface area contributed by atoms with Gasteiger partial charge in [0.2, 0.25) is 0 Å². The summed E-state index contributed by atoms with van der Waals surface area (Å²) in [6.07, 6.45) is 0. The molecule has 2 rings (SSSR count). The highest BCUT2D eigenvalue weighted by molar-refractivity contribution is 7.99. The molecular formula is C11H8F2N2O2S. The molecule has 0 radical (unpaired) electrons. The lowest BCUT2D eigenvalue weighted by Crippen LogP contribution is -1.95. The second kappa shape index (κ2) is 5.18. The van der Waals surface area contributed by atoms with E-state index in [1.54, 1.807) is 24.3 Å². The van der Waals surface area contributed by atoms with Crippen molar-refractivity contribution < 1.29 is 18.7 Å². The molecule has 0 spiro atoms. The Labute approximate surface area is 105 Å². The number of aromatic amines is 1. The molecule has 0 unspecified atom stereocenters. The number of carbonyl (C=O) groups is 1. The number of benzene rings is 1. The van der Waals surface area contributed by atoms with Crippen LogP contribution in [0, 0.1) is 0 Å².